The molecule has 0 spiro atoms. The van der Waals surface area contributed by atoms with Crippen LogP contribution in [-0.4, -0.2) is 39.5 Å². The lowest BCUT2D eigenvalue weighted by Crippen LogP contribution is -1.91. The average Bonchev–Trinajstić information content (AvgIpc) is 3.47. The molecule has 4 aromatic rings. The standard InChI is InChI=1S/C17H15N5O3S2/c1-23-10-5-6-11(12(8-10)24-2)15-18-14(25-22-15)9-27-17-19-16(20-21-17)13-4-3-7-26-13/h3-8H,9H2,1-2H3,(H,19,20,21). The van der Waals surface area contributed by atoms with Crippen molar-refractivity contribution in [3.63, 3.8) is 0 Å². The molecule has 0 amide bonds. The largest absolute Gasteiger partial charge is 0.497 e. The summed E-state index contributed by atoms with van der Waals surface area (Å²) in [4.78, 5) is 9.94. The summed E-state index contributed by atoms with van der Waals surface area (Å²) in [6, 6.07) is 9.40. The Kier molecular flexibility index (Phi) is 5.07. The van der Waals surface area contributed by atoms with Gasteiger partial charge in [-0.1, -0.05) is 23.0 Å². The molecule has 0 aliphatic heterocycles. The minimum absolute atomic E-state index is 0.458. The Hall–Kier alpha value is -2.85. The van der Waals surface area contributed by atoms with Gasteiger partial charge in [-0.2, -0.15) is 4.98 Å². The first-order chi connectivity index (χ1) is 13.3. The lowest BCUT2D eigenvalue weighted by atomic mass is 10.2. The Morgan fingerprint density at radius 2 is 2.11 bits per heavy atom. The summed E-state index contributed by atoms with van der Waals surface area (Å²) in [6.07, 6.45) is 0. The van der Waals surface area contributed by atoms with E-state index in [2.05, 4.69) is 25.3 Å². The average molecular weight is 401 g/mol. The zero-order valence-electron chi connectivity index (χ0n) is 14.5. The highest BCUT2D eigenvalue weighted by Gasteiger charge is 2.15. The topological polar surface area (TPSA) is 99.0 Å². The molecule has 0 fully saturated rings. The van der Waals surface area contributed by atoms with Crippen molar-refractivity contribution >= 4 is 23.1 Å². The Bertz CT molecular complexity index is 1030. The van der Waals surface area contributed by atoms with Gasteiger partial charge in [0.25, 0.3) is 0 Å². The molecule has 0 unspecified atom stereocenters. The molecule has 8 nitrogen and oxygen atoms in total. The molecular formula is C17H15N5O3S2. The Morgan fingerprint density at radius 3 is 2.89 bits per heavy atom. The van der Waals surface area contributed by atoms with Crippen molar-refractivity contribution in [3.05, 3.63) is 41.6 Å². The molecular weight excluding hydrogens is 386 g/mol. The number of aromatic nitrogens is 5. The van der Waals surface area contributed by atoms with E-state index in [4.69, 9.17) is 14.0 Å². The fraction of sp³-hybridized carbons (Fsp3) is 0.176. The number of rotatable bonds is 7. The van der Waals surface area contributed by atoms with Crippen LogP contribution in [0.15, 0.2) is 45.4 Å². The zero-order chi connectivity index (χ0) is 18.6. The number of thiophene rings is 1. The predicted octanol–water partition coefficient (Wildman–Crippen LogP) is 3.89. The van der Waals surface area contributed by atoms with Gasteiger partial charge in [0.15, 0.2) is 5.82 Å². The van der Waals surface area contributed by atoms with E-state index < -0.39 is 0 Å². The first kappa shape index (κ1) is 17.6. The van der Waals surface area contributed by atoms with Crippen LogP contribution in [0.2, 0.25) is 0 Å². The first-order valence-electron chi connectivity index (χ1n) is 7.91. The van der Waals surface area contributed by atoms with Gasteiger partial charge < -0.3 is 14.0 Å². The number of H-pyrrole nitrogens is 1. The second-order valence-corrected chi connectivity index (χ2v) is 7.20. The van der Waals surface area contributed by atoms with Gasteiger partial charge in [0.1, 0.15) is 11.5 Å². The molecule has 4 rings (SSSR count). The van der Waals surface area contributed by atoms with Crippen LogP contribution in [0.25, 0.3) is 22.1 Å². The van der Waals surface area contributed by atoms with E-state index in [-0.39, 0.29) is 0 Å². The van der Waals surface area contributed by atoms with Crippen molar-refractivity contribution in [1.82, 2.24) is 25.3 Å². The SMILES string of the molecule is COc1ccc(-c2noc(CSc3n[nH]c(-c4cccs4)n3)n2)c(OC)c1. The number of ether oxygens (including phenoxy) is 2. The third kappa shape index (κ3) is 3.81. The van der Waals surface area contributed by atoms with Crippen molar-refractivity contribution in [3.8, 4) is 33.6 Å². The molecule has 0 bridgehead atoms. The van der Waals surface area contributed by atoms with Crippen molar-refractivity contribution < 1.29 is 14.0 Å². The van der Waals surface area contributed by atoms with E-state index in [0.29, 0.717) is 34.1 Å². The number of nitrogens with zero attached hydrogens (tertiary/aromatic N) is 4. The normalized spacial score (nSPS) is 10.9. The molecule has 138 valence electrons. The molecule has 0 saturated heterocycles. The van der Waals surface area contributed by atoms with E-state index >= 15 is 0 Å². The van der Waals surface area contributed by atoms with Gasteiger partial charge in [0.05, 0.1) is 30.4 Å². The maximum absolute atomic E-state index is 5.39. The monoisotopic (exact) mass is 401 g/mol. The van der Waals surface area contributed by atoms with Crippen LogP contribution >= 0.6 is 23.1 Å². The molecule has 0 saturated carbocycles. The van der Waals surface area contributed by atoms with Crippen molar-refractivity contribution in [2.75, 3.05) is 14.2 Å². The van der Waals surface area contributed by atoms with Crippen molar-refractivity contribution in [2.45, 2.75) is 10.9 Å². The molecule has 0 atom stereocenters. The summed E-state index contributed by atoms with van der Waals surface area (Å²) in [5.41, 5.74) is 0.733. The molecule has 3 heterocycles. The lowest BCUT2D eigenvalue weighted by Gasteiger charge is -2.07. The van der Waals surface area contributed by atoms with Crippen LogP contribution < -0.4 is 9.47 Å². The fourth-order valence-corrected chi connectivity index (χ4v) is 3.67. The maximum Gasteiger partial charge on any atom is 0.237 e. The smallest absolute Gasteiger partial charge is 0.237 e. The molecule has 27 heavy (non-hydrogen) atoms. The summed E-state index contributed by atoms with van der Waals surface area (Å²) in [7, 11) is 3.19. The van der Waals surface area contributed by atoms with Gasteiger partial charge in [-0.05, 0) is 23.6 Å². The van der Waals surface area contributed by atoms with Crippen molar-refractivity contribution in [1.29, 1.82) is 0 Å². The van der Waals surface area contributed by atoms with E-state index in [1.165, 1.54) is 11.8 Å². The third-order valence-electron chi connectivity index (χ3n) is 3.66. The van der Waals surface area contributed by atoms with Crippen LogP contribution in [-0.2, 0) is 5.75 Å². The number of methoxy groups -OCH3 is 2. The second-order valence-electron chi connectivity index (χ2n) is 5.31. The van der Waals surface area contributed by atoms with E-state index in [0.717, 1.165) is 16.3 Å². The molecule has 0 aliphatic rings. The maximum atomic E-state index is 5.39. The highest BCUT2D eigenvalue weighted by molar-refractivity contribution is 7.98. The molecule has 10 heteroatoms. The van der Waals surface area contributed by atoms with Crippen molar-refractivity contribution in [2.24, 2.45) is 0 Å². The Labute approximate surface area is 162 Å². The van der Waals surface area contributed by atoms with Crippen LogP contribution in [0.5, 0.6) is 11.5 Å². The fourth-order valence-electron chi connectivity index (χ4n) is 2.37. The van der Waals surface area contributed by atoms with Gasteiger partial charge >= 0.3 is 0 Å². The van der Waals surface area contributed by atoms with E-state index in [1.54, 1.807) is 31.6 Å². The highest BCUT2D eigenvalue weighted by atomic mass is 32.2. The quantitative estimate of drug-likeness (QED) is 0.466. The van der Waals surface area contributed by atoms with Crippen LogP contribution in [0.1, 0.15) is 5.89 Å². The third-order valence-corrected chi connectivity index (χ3v) is 5.37. The Balaban J connectivity index is 1.46. The number of nitrogens with one attached hydrogen (secondary N) is 1. The summed E-state index contributed by atoms with van der Waals surface area (Å²) >= 11 is 3.03. The van der Waals surface area contributed by atoms with E-state index in [1.807, 2.05) is 29.6 Å². The van der Waals surface area contributed by atoms with Crippen LogP contribution in [0.4, 0.5) is 0 Å². The Morgan fingerprint density at radius 1 is 1.19 bits per heavy atom. The van der Waals surface area contributed by atoms with Gasteiger partial charge in [0, 0.05) is 6.07 Å². The number of hydrogen-bond acceptors (Lipinski definition) is 9. The molecule has 3 aromatic heterocycles. The van der Waals surface area contributed by atoms with Crippen LogP contribution in [0, 0.1) is 0 Å². The lowest BCUT2D eigenvalue weighted by molar-refractivity contribution is 0.388. The summed E-state index contributed by atoms with van der Waals surface area (Å²) < 4.78 is 15.9. The van der Waals surface area contributed by atoms with Gasteiger partial charge in [-0.15, -0.1) is 16.4 Å². The summed E-state index contributed by atoms with van der Waals surface area (Å²) in [5.74, 6) is 3.47. The zero-order valence-corrected chi connectivity index (χ0v) is 16.1. The molecule has 0 aliphatic carbocycles. The summed E-state index contributed by atoms with van der Waals surface area (Å²) in [5, 5.41) is 13.8. The van der Waals surface area contributed by atoms with Gasteiger partial charge in [0.2, 0.25) is 16.9 Å². The summed E-state index contributed by atoms with van der Waals surface area (Å²) in [6.45, 7) is 0. The van der Waals surface area contributed by atoms with E-state index in [9.17, 15) is 0 Å². The molecule has 1 N–H and O–H groups in total. The number of thioether (sulfide) groups is 1. The molecule has 0 radical (unpaired) electrons. The van der Waals surface area contributed by atoms with Gasteiger partial charge in [-0.3, -0.25) is 5.10 Å². The molecule has 1 aromatic carbocycles. The first-order valence-corrected chi connectivity index (χ1v) is 9.77. The number of hydrogen-bond donors (Lipinski definition) is 1. The predicted molar refractivity (Wildman–Crippen MR) is 102 cm³/mol. The number of aromatic amines is 1. The second kappa shape index (κ2) is 7.80. The van der Waals surface area contributed by atoms with Crippen LogP contribution in [0.3, 0.4) is 0 Å². The van der Waals surface area contributed by atoms with Gasteiger partial charge in [-0.25, -0.2) is 4.98 Å². The number of benzene rings is 1. The highest BCUT2D eigenvalue weighted by Crippen LogP contribution is 2.32. The minimum atomic E-state index is 0.458. The minimum Gasteiger partial charge on any atom is -0.497 e.